The van der Waals surface area contributed by atoms with Crippen LogP contribution in [0.2, 0.25) is 0 Å². The van der Waals surface area contributed by atoms with E-state index in [-0.39, 0.29) is 5.91 Å². The van der Waals surface area contributed by atoms with Crippen LogP contribution in [0.25, 0.3) is 0 Å². The van der Waals surface area contributed by atoms with Crippen LogP contribution in [0.1, 0.15) is 47.7 Å². The molecule has 2 aromatic heterocycles. The quantitative estimate of drug-likeness (QED) is 0.502. The lowest BCUT2D eigenvalue weighted by Gasteiger charge is -2.35. The summed E-state index contributed by atoms with van der Waals surface area (Å²) in [5, 5.41) is 3.95. The predicted octanol–water partition coefficient (Wildman–Crippen LogP) is 4.71. The molecule has 0 saturated carbocycles. The Morgan fingerprint density at radius 3 is 2.62 bits per heavy atom. The van der Waals surface area contributed by atoms with Crippen molar-refractivity contribution in [2.45, 2.75) is 44.3 Å². The van der Waals surface area contributed by atoms with Crippen LogP contribution >= 0.6 is 11.8 Å². The Morgan fingerprint density at radius 1 is 1.16 bits per heavy atom. The highest BCUT2D eigenvalue weighted by Crippen LogP contribution is 2.24. The summed E-state index contributed by atoms with van der Waals surface area (Å²) in [5.74, 6) is 3.01. The van der Waals surface area contributed by atoms with E-state index in [1.54, 1.807) is 24.0 Å². The molecule has 2 atom stereocenters. The van der Waals surface area contributed by atoms with E-state index in [2.05, 4.69) is 47.2 Å². The number of benzene rings is 1. The van der Waals surface area contributed by atoms with E-state index in [4.69, 9.17) is 4.42 Å². The van der Waals surface area contributed by atoms with Gasteiger partial charge in [0.2, 0.25) is 0 Å². The summed E-state index contributed by atoms with van der Waals surface area (Å²) in [6.45, 7) is 8.36. The number of nitrogens with zero attached hydrogens (tertiary/aromatic N) is 3. The van der Waals surface area contributed by atoms with Gasteiger partial charge in [-0.15, -0.1) is 0 Å². The number of nitrogens with one attached hydrogen (secondary N) is 1. The second kappa shape index (κ2) is 10.4. The summed E-state index contributed by atoms with van der Waals surface area (Å²) in [4.78, 5) is 19.5. The summed E-state index contributed by atoms with van der Waals surface area (Å²) in [6, 6.07) is 12.0. The first-order valence-corrected chi connectivity index (χ1v) is 12.2. The molecular formula is C25H32N4O2S. The predicted molar refractivity (Wildman–Crippen MR) is 127 cm³/mol. The molecular weight excluding hydrogens is 420 g/mol. The maximum Gasteiger partial charge on any atom is 0.287 e. The second-order valence-corrected chi connectivity index (χ2v) is 9.91. The van der Waals surface area contributed by atoms with E-state index >= 15 is 0 Å². The first-order valence-electron chi connectivity index (χ1n) is 11.2. The number of aryl methyl sites for hydroxylation is 1. The Bertz CT molecular complexity index is 1030. The van der Waals surface area contributed by atoms with Crippen LogP contribution in [-0.4, -0.2) is 33.4 Å². The minimum absolute atomic E-state index is 0.187. The van der Waals surface area contributed by atoms with Crippen LogP contribution in [-0.2, 0) is 25.9 Å². The molecule has 1 aromatic carbocycles. The Hall–Kier alpha value is -2.51. The van der Waals surface area contributed by atoms with E-state index in [1.165, 1.54) is 12.0 Å². The summed E-state index contributed by atoms with van der Waals surface area (Å²) in [6.07, 6.45) is 4.99. The Labute approximate surface area is 194 Å². The Kier molecular flexibility index (Phi) is 7.37. The van der Waals surface area contributed by atoms with Crippen LogP contribution in [0.15, 0.2) is 58.4 Å². The zero-order chi connectivity index (χ0) is 22.5. The van der Waals surface area contributed by atoms with Gasteiger partial charge >= 0.3 is 0 Å². The molecule has 0 radical (unpaired) electrons. The number of piperidine rings is 1. The van der Waals surface area contributed by atoms with Gasteiger partial charge in [0, 0.05) is 45.6 Å². The maximum atomic E-state index is 12.7. The Morgan fingerprint density at radius 2 is 1.91 bits per heavy atom. The number of thioether (sulfide) groups is 1. The second-order valence-electron chi connectivity index (χ2n) is 8.97. The van der Waals surface area contributed by atoms with E-state index < -0.39 is 0 Å². The molecule has 170 valence electrons. The van der Waals surface area contributed by atoms with Crippen molar-refractivity contribution in [2.24, 2.45) is 18.9 Å². The molecule has 0 aliphatic carbocycles. The number of carbonyl (C=O) groups excluding carboxylic acids is 1. The number of aromatic nitrogens is 2. The van der Waals surface area contributed by atoms with Crippen LogP contribution in [0.5, 0.6) is 0 Å². The first-order chi connectivity index (χ1) is 15.5. The largest absolute Gasteiger partial charge is 0.455 e. The fourth-order valence-corrected chi connectivity index (χ4v) is 5.34. The number of furan rings is 1. The van der Waals surface area contributed by atoms with Crippen molar-refractivity contribution in [3.63, 3.8) is 0 Å². The molecule has 0 spiro atoms. The molecule has 0 bridgehead atoms. The Balaban J connectivity index is 1.32. The van der Waals surface area contributed by atoms with Crippen LogP contribution in [0.3, 0.4) is 0 Å². The lowest BCUT2D eigenvalue weighted by Crippen LogP contribution is -2.38. The van der Waals surface area contributed by atoms with Gasteiger partial charge in [-0.25, -0.2) is 4.98 Å². The number of carbonyl (C=O) groups is 1. The number of hydrogen-bond donors (Lipinski definition) is 1. The molecule has 1 aliphatic heterocycles. The van der Waals surface area contributed by atoms with Crippen LogP contribution < -0.4 is 5.32 Å². The summed E-state index contributed by atoms with van der Waals surface area (Å²) in [5.41, 5.74) is 2.43. The minimum Gasteiger partial charge on any atom is -0.455 e. The highest BCUT2D eigenvalue weighted by Gasteiger charge is 2.22. The van der Waals surface area contributed by atoms with Gasteiger partial charge in [0.15, 0.2) is 10.9 Å². The van der Waals surface area contributed by atoms with Gasteiger partial charge in [-0.2, -0.15) is 0 Å². The van der Waals surface area contributed by atoms with Crippen molar-refractivity contribution in [1.82, 2.24) is 19.8 Å². The van der Waals surface area contributed by atoms with Crippen LogP contribution in [0.4, 0.5) is 0 Å². The number of rotatable bonds is 8. The topological polar surface area (TPSA) is 63.3 Å². The lowest BCUT2D eigenvalue weighted by molar-refractivity contribution is 0.0921. The molecule has 3 aromatic rings. The van der Waals surface area contributed by atoms with Crippen molar-refractivity contribution in [1.29, 1.82) is 0 Å². The zero-order valence-corrected chi connectivity index (χ0v) is 19.9. The molecule has 2 unspecified atom stereocenters. The molecule has 1 N–H and O–H groups in total. The average Bonchev–Trinajstić information content (AvgIpc) is 3.39. The van der Waals surface area contributed by atoms with E-state index in [1.807, 2.05) is 29.9 Å². The molecule has 32 heavy (non-hydrogen) atoms. The number of imidazole rings is 1. The SMILES string of the molecule is CC1CC(C)CN(Cc2ccccc2CNC(=O)c2ccc(CSc3nccn3C)o2)C1. The molecule has 1 fully saturated rings. The van der Waals surface area contributed by atoms with E-state index in [9.17, 15) is 4.79 Å². The number of likely N-dealkylation sites (tertiary alicyclic amines) is 1. The summed E-state index contributed by atoms with van der Waals surface area (Å²) < 4.78 is 7.73. The van der Waals surface area contributed by atoms with Crippen molar-refractivity contribution < 1.29 is 9.21 Å². The minimum atomic E-state index is -0.187. The third-order valence-corrected chi connectivity index (χ3v) is 6.98. The van der Waals surface area contributed by atoms with Gasteiger partial charge in [-0.3, -0.25) is 9.69 Å². The average molecular weight is 453 g/mol. The van der Waals surface area contributed by atoms with Gasteiger partial charge in [0.05, 0.1) is 5.75 Å². The van der Waals surface area contributed by atoms with Crippen molar-refractivity contribution >= 4 is 17.7 Å². The maximum absolute atomic E-state index is 12.7. The third kappa shape index (κ3) is 5.84. The van der Waals surface area contributed by atoms with Crippen molar-refractivity contribution in [3.8, 4) is 0 Å². The normalized spacial score (nSPS) is 19.2. The number of hydrogen-bond acceptors (Lipinski definition) is 5. The monoisotopic (exact) mass is 452 g/mol. The van der Waals surface area contributed by atoms with Gasteiger partial charge in [-0.05, 0) is 41.5 Å². The summed E-state index contributed by atoms with van der Waals surface area (Å²) >= 11 is 1.58. The highest BCUT2D eigenvalue weighted by atomic mass is 32.2. The molecule has 1 aliphatic rings. The van der Waals surface area contributed by atoms with E-state index in [0.29, 0.717) is 18.1 Å². The highest BCUT2D eigenvalue weighted by molar-refractivity contribution is 7.98. The molecule has 4 rings (SSSR count). The molecule has 1 amide bonds. The van der Waals surface area contributed by atoms with Crippen molar-refractivity contribution in [2.75, 3.05) is 13.1 Å². The van der Waals surface area contributed by atoms with Gasteiger partial charge in [0.25, 0.3) is 5.91 Å². The molecule has 1 saturated heterocycles. The zero-order valence-electron chi connectivity index (χ0n) is 19.1. The smallest absolute Gasteiger partial charge is 0.287 e. The van der Waals surface area contributed by atoms with Gasteiger partial charge < -0.3 is 14.3 Å². The molecule has 3 heterocycles. The number of amides is 1. The first kappa shape index (κ1) is 22.7. The van der Waals surface area contributed by atoms with Gasteiger partial charge in [0.1, 0.15) is 5.76 Å². The summed E-state index contributed by atoms with van der Waals surface area (Å²) in [7, 11) is 1.96. The molecule has 6 nitrogen and oxygen atoms in total. The fourth-order valence-electron chi connectivity index (χ4n) is 4.51. The third-order valence-electron chi connectivity index (χ3n) is 5.90. The van der Waals surface area contributed by atoms with Crippen molar-refractivity contribution in [3.05, 3.63) is 71.4 Å². The standard InChI is InChI=1S/C25H32N4O2S/c1-18-12-19(2)15-29(14-18)16-21-7-5-4-6-20(21)13-27-24(30)23-9-8-22(31-23)17-32-25-26-10-11-28(25)3/h4-11,18-19H,12-17H2,1-3H3,(H,27,30). The lowest BCUT2D eigenvalue weighted by atomic mass is 9.91. The van der Waals surface area contributed by atoms with Gasteiger partial charge in [-0.1, -0.05) is 49.9 Å². The van der Waals surface area contributed by atoms with E-state index in [0.717, 1.165) is 48.0 Å². The fraction of sp³-hybridized carbons (Fsp3) is 0.440. The van der Waals surface area contributed by atoms with Crippen LogP contribution in [0, 0.1) is 11.8 Å². The molecule has 7 heteroatoms.